The molecule has 0 spiro atoms. The van der Waals surface area contributed by atoms with Crippen LogP contribution in [-0.2, 0) is 9.47 Å². The number of nitrogens with one attached hydrogen (secondary N) is 1. The van der Waals surface area contributed by atoms with Crippen LogP contribution in [0.2, 0.25) is 0 Å². The van der Waals surface area contributed by atoms with Crippen LogP contribution in [-0.4, -0.2) is 46.0 Å². The summed E-state index contributed by atoms with van der Waals surface area (Å²) >= 11 is 0. The minimum absolute atomic E-state index is 0.0122. The van der Waals surface area contributed by atoms with Gasteiger partial charge in [0.05, 0.1) is 6.10 Å². The van der Waals surface area contributed by atoms with Gasteiger partial charge < -0.3 is 25.4 Å². The molecule has 4 rings (SSSR count). The molecule has 0 aromatic heterocycles. The number of halogens is 1. The van der Waals surface area contributed by atoms with Crippen molar-refractivity contribution in [3.05, 3.63) is 56.1 Å². The van der Waals surface area contributed by atoms with Crippen LogP contribution in [0, 0.1) is 17.7 Å². The first kappa shape index (κ1) is 27.7. The van der Waals surface area contributed by atoms with Gasteiger partial charge in [-0.15, -0.1) is 0 Å². The molecule has 37 heavy (non-hydrogen) atoms. The number of hydrogen-bond acceptors (Lipinski definition) is 7. The van der Waals surface area contributed by atoms with Crippen LogP contribution >= 0.6 is 0 Å². The lowest BCUT2D eigenvalue weighted by atomic mass is 9.84. The number of piperidine rings is 1. The van der Waals surface area contributed by atoms with Crippen LogP contribution in [0.4, 0.5) is 15.8 Å². The summed E-state index contributed by atoms with van der Waals surface area (Å²) in [5.41, 5.74) is 7.06. The Labute approximate surface area is 219 Å². The summed E-state index contributed by atoms with van der Waals surface area (Å²) in [6.45, 7) is 2.88. The van der Waals surface area contributed by atoms with E-state index in [0.717, 1.165) is 31.2 Å². The minimum atomic E-state index is -0.440. The van der Waals surface area contributed by atoms with Crippen LogP contribution in [0.25, 0.3) is 0 Å². The predicted octanol–water partition coefficient (Wildman–Crippen LogP) is 4.14. The summed E-state index contributed by atoms with van der Waals surface area (Å²) in [5, 5.41) is 3.36. The zero-order chi connectivity index (χ0) is 26.2. The average molecular weight is 516 g/mol. The highest BCUT2D eigenvalue weighted by atomic mass is 19.1. The number of nitrogens with two attached hydrogens (primary N) is 1. The monoisotopic (exact) mass is 515 g/mol. The Kier molecular flexibility index (Phi) is 10.1. The molecule has 1 saturated heterocycles. The molecule has 8 heteroatoms. The third-order valence-electron chi connectivity index (χ3n) is 8.05. The van der Waals surface area contributed by atoms with Gasteiger partial charge in [-0.2, -0.15) is 0 Å². The fourth-order valence-corrected chi connectivity index (χ4v) is 6.09. The molecule has 0 bridgehead atoms. The van der Waals surface area contributed by atoms with Gasteiger partial charge in [0, 0.05) is 51.9 Å². The Hall–Kier alpha value is -2.29. The first-order valence-corrected chi connectivity index (χ1v) is 13.9. The highest BCUT2D eigenvalue weighted by Gasteiger charge is 2.34. The van der Waals surface area contributed by atoms with Crippen LogP contribution in [0.1, 0.15) is 69.5 Å². The van der Waals surface area contributed by atoms with Crippen molar-refractivity contribution in [1.29, 1.82) is 0 Å². The molecule has 3 N–H and O–H groups in total. The van der Waals surface area contributed by atoms with Gasteiger partial charge in [0.1, 0.15) is 17.2 Å². The summed E-state index contributed by atoms with van der Waals surface area (Å²) in [5.74, 6) is 0.441. The van der Waals surface area contributed by atoms with E-state index in [0.29, 0.717) is 50.1 Å². The number of nitrogens with zero attached hydrogens (tertiary/aromatic N) is 1. The highest BCUT2D eigenvalue weighted by Crippen LogP contribution is 2.36. The summed E-state index contributed by atoms with van der Waals surface area (Å²) in [7, 11) is 1.66. The van der Waals surface area contributed by atoms with Gasteiger partial charge >= 0.3 is 0 Å². The van der Waals surface area contributed by atoms with Crippen molar-refractivity contribution in [3.63, 3.8) is 0 Å². The Morgan fingerprint density at radius 2 is 1.81 bits per heavy atom. The van der Waals surface area contributed by atoms with E-state index in [1.165, 1.54) is 44.2 Å². The number of hydrogen-bond donors (Lipinski definition) is 2. The zero-order valence-corrected chi connectivity index (χ0v) is 22.1. The minimum Gasteiger partial charge on any atom is -0.385 e. The van der Waals surface area contributed by atoms with Crippen LogP contribution in [0.3, 0.4) is 0 Å². The number of benzene rings is 1. The van der Waals surface area contributed by atoms with E-state index < -0.39 is 10.9 Å². The first-order valence-electron chi connectivity index (χ1n) is 13.9. The molecule has 2 aliphatic rings. The van der Waals surface area contributed by atoms with E-state index in [2.05, 4.69) is 5.32 Å². The molecular formula is C29H42FN3O4. The Bertz CT molecular complexity index is 1050. The normalized spacial score (nSPS) is 20.7. The second-order valence-electron chi connectivity index (χ2n) is 10.7. The van der Waals surface area contributed by atoms with Gasteiger partial charge in [-0.1, -0.05) is 44.2 Å². The molecule has 2 aromatic rings. The maximum Gasteiger partial charge on any atom is 0.253 e. The molecule has 204 valence electrons. The predicted molar refractivity (Wildman–Crippen MR) is 146 cm³/mol. The molecule has 1 saturated carbocycles. The topological polar surface area (TPSA) is 93.9 Å². The largest absolute Gasteiger partial charge is 0.385 e. The molecule has 2 unspecified atom stereocenters. The third-order valence-corrected chi connectivity index (χ3v) is 8.05. The van der Waals surface area contributed by atoms with Crippen molar-refractivity contribution < 1.29 is 13.9 Å². The summed E-state index contributed by atoms with van der Waals surface area (Å²) < 4.78 is 25.1. The van der Waals surface area contributed by atoms with Crippen molar-refractivity contribution in [2.75, 3.05) is 50.2 Å². The van der Waals surface area contributed by atoms with E-state index in [1.54, 1.807) is 19.2 Å². The van der Waals surface area contributed by atoms with Gasteiger partial charge in [0.2, 0.25) is 0 Å². The summed E-state index contributed by atoms with van der Waals surface area (Å²) in [4.78, 5) is 27.4. The smallest absolute Gasteiger partial charge is 0.253 e. The summed E-state index contributed by atoms with van der Waals surface area (Å²) in [6.07, 6.45) is 9.49. The lowest BCUT2D eigenvalue weighted by Crippen LogP contribution is -2.48. The van der Waals surface area contributed by atoms with Gasteiger partial charge in [0.25, 0.3) is 10.9 Å². The number of methoxy groups -OCH3 is 1. The standard InChI is InChI=1S/C29H42FN3O4/c1-36-15-6-16-37-29(21-10-12-23(30)13-11-21)22-9-5-14-33(19-22)26-25(27(34)28(26)35)32-24(18-31)17-20-7-3-2-4-8-20/h10-13,20,22,24,29,32H,2-9,14-19,31H2,1H3/t22?,24?,29-/m0/s1. The highest BCUT2D eigenvalue weighted by molar-refractivity contribution is 5.75. The second-order valence-corrected chi connectivity index (χ2v) is 10.7. The number of ether oxygens (including phenoxy) is 2. The molecule has 1 aliphatic heterocycles. The number of rotatable bonds is 13. The van der Waals surface area contributed by atoms with E-state index in [9.17, 15) is 14.0 Å². The average Bonchev–Trinajstić information content (AvgIpc) is 2.93. The van der Waals surface area contributed by atoms with Crippen molar-refractivity contribution in [3.8, 4) is 0 Å². The molecule has 0 amide bonds. The van der Waals surface area contributed by atoms with Crippen LogP contribution in [0.15, 0.2) is 33.9 Å². The molecule has 2 aromatic carbocycles. The second kappa shape index (κ2) is 13.5. The lowest BCUT2D eigenvalue weighted by molar-refractivity contribution is -0.00239. The van der Waals surface area contributed by atoms with Crippen LogP contribution < -0.4 is 26.8 Å². The van der Waals surface area contributed by atoms with Crippen molar-refractivity contribution in [1.82, 2.24) is 0 Å². The maximum absolute atomic E-state index is 13.6. The Balaban J connectivity index is 1.47. The van der Waals surface area contributed by atoms with Crippen molar-refractivity contribution in [2.45, 2.75) is 69.9 Å². The SMILES string of the molecule is COCCCO[C@@H](c1ccc(F)cc1)C1CCCN(c2c(NC(CN)CC3CCCCC3)c(=O)c2=O)C1. The quantitative estimate of drug-likeness (QED) is 0.306. The van der Waals surface area contributed by atoms with Crippen molar-refractivity contribution >= 4 is 11.4 Å². The van der Waals surface area contributed by atoms with Gasteiger partial charge in [-0.05, 0) is 49.3 Å². The fraction of sp³-hybridized carbons (Fsp3) is 0.655. The van der Waals surface area contributed by atoms with Gasteiger partial charge in [0.15, 0.2) is 0 Å². The zero-order valence-electron chi connectivity index (χ0n) is 22.1. The molecule has 2 fully saturated rings. The number of anilines is 2. The molecule has 0 radical (unpaired) electrons. The Morgan fingerprint density at radius 1 is 1.05 bits per heavy atom. The van der Waals surface area contributed by atoms with Crippen LogP contribution in [0.5, 0.6) is 0 Å². The summed E-state index contributed by atoms with van der Waals surface area (Å²) in [6, 6.07) is 6.45. The molecule has 3 atom stereocenters. The van der Waals surface area contributed by atoms with E-state index in [-0.39, 0.29) is 23.9 Å². The van der Waals surface area contributed by atoms with E-state index >= 15 is 0 Å². The fourth-order valence-electron chi connectivity index (χ4n) is 6.09. The lowest BCUT2D eigenvalue weighted by Gasteiger charge is -2.39. The van der Waals surface area contributed by atoms with E-state index in [1.807, 2.05) is 4.90 Å². The molecule has 1 aliphatic carbocycles. The molecular weight excluding hydrogens is 473 g/mol. The molecule has 7 nitrogen and oxygen atoms in total. The van der Waals surface area contributed by atoms with Gasteiger partial charge in [-0.25, -0.2) is 4.39 Å². The third kappa shape index (κ3) is 6.98. The van der Waals surface area contributed by atoms with Gasteiger partial charge in [-0.3, -0.25) is 9.59 Å². The Morgan fingerprint density at radius 3 is 2.51 bits per heavy atom. The first-order chi connectivity index (χ1) is 18.0. The molecule has 1 heterocycles. The maximum atomic E-state index is 13.6. The van der Waals surface area contributed by atoms with E-state index in [4.69, 9.17) is 15.2 Å². The van der Waals surface area contributed by atoms with Crippen molar-refractivity contribution in [2.24, 2.45) is 17.6 Å².